The molecule has 4 nitrogen and oxygen atoms in total. The van der Waals surface area contributed by atoms with Crippen molar-refractivity contribution in [2.24, 2.45) is 4.99 Å². The Balaban J connectivity index is 1.65. The maximum Gasteiger partial charge on any atom is 0.335 e. The van der Waals surface area contributed by atoms with Gasteiger partial charge in [0.1, 0.15) is 8.07 Å². The number of carboxylic acid groups (broad SMARTS) is 1. The lowest BCUT2D eigenvalue weighted by Gasteiger charge is -2.39. The largest absolute Gasteiger partial charge is 0.478 e. The molecule has 2 aromatic rings. The predicted molar refractivity (Wildman–Crippen MR) is 167 cm³/mol. The summed E-state index contributed by atoms with van der Waals surface area (Å²) in [6.07, 6.45) is 15.5. The fourth-order valence-electron chi connectivity index (χ4n) is 6.39. The third kappa shape index (κ3) is 5.47. The molecule has 0 aromatic heterocycles. The molecule has 2 heterocycles. The quantitative estimate of drug-likeness (QED) is 0.280. The average Bonchev–Trinajstić information content (AvgIpc) is 2.94. The van der Waals surface area contributed by atoms with Gasteiger partial charge in [0, 0.05) is 25.3 Å². The van der Waals surface area contributed by atoms with Crippen LogP contribution in [0.25, 0.3) is 5.57 Å². The molecule has 1 N–H and O–H groups in total. The number of carboxylic acids is 1. The molecule has 0 unspecified atom stereocenters. The number of benzene rings is 2. The summed E-state index contributed by atoms with van der Waals surface area (Å²) >= 11 is 0. The number of nitrogens with zero attached hydrogens (tertiary/aromatic N) is 2. The number of carbonyl (C=O) groups is 1. The van der Waals surface area contributed by atoms with Crippen molar-refractivity contribution in [2.45, 2.75) is 71.9 Å². The van der Waals surface area contributed by atoms with Gasteiger partial charge in [0.05, 0.1) is 11.3 Å². The van der Waals surface area contributed by atoms with Crippen LogP contribution in [-0.4, -0.2) is 44.5 Å². The normalized spacial score (nSPS) is 19.1. The minimum Gasteiger partial charge on any atom is -0.478 e. The van der Waals surface area contributed by atoms with Gasteiger partial charge in [-0.3, -0.25) is 4.99 Å². The Hall–Kier alpha value is -3.18. The smallest absolute Gasteiger partial charge is 0.335 e. The number of piperidine rings is 1. The Kier molecular flexibility index (Phi) is 8.08. The molecule has 0 saturated carbocycles. The van der Waals surface area contributed by atoms with E-state index >= 15 is 0 Å². The van der Waals surface area contributed by atoms with Crippen molar-refractivity contribution in [3.63, 3.8) is 0 Å². The second-order valence-electron chi connectivity index (χ2n) is 11.8. The van der Waals surface area contributed by atoms with E-state index in [2.05, 4.69) is 61.3 Å². The number of hydrogen-bond donors (Lipinski definition) is 1. The van der Waals surface area contributed by atoms with Crippen LogP contribution in [0.1, 0.15) is 78.9 Å². The van der Waals surface area contributed by atoms with Crippen molar-refractivity contribution in [3.8, 4) is 0 Å². The van der Waals surface area contributed by atoms with Crippen LogP contribution in [0, 0.1) is 6.92 Å². The molecule has 0 atom stereocenters. The van der Waals surface area contributed by atoms with Crippen LogP contribution in [0.2, 0.25) is 13.1 Å². The Labute approximate surface area is 234 Å². The standard InChI is InChI=1S/C34H42N2O2Si/c1-5-6-7-9-18-35-26-13-16-29-31(22-26)39(3,4)32-23-27(36-19-10-8-11-20-36)14-17-30(32)33(29)28-15-12-25(34(37)38)21-24(28)2/h12-17,21-23H,5-11,18-20H2,1-4H3,(H,37,38)/b35-26+. The van der Waals surface area contributed by atoms with Gasteiger partial charge in [0.2, 0.25) is 0 Å². The van der Waals surface area contributed by atoms with Gasteiger partial charge in [-0.15, -0.1) is 0 Å². The van der Waals surface area contributed by atoms with Gasteiger partial charge in [0.15, 0.2) is 0 Å². The average molecular weight is 539 g/mol. The molecular weight excluding hydrogens is 496 g/mol. The van der Waals surface area contributed by atoms with Gasteiger partial charge in [-0.05, 0) is 107 Å². The number of hydrogen-bond acceptors (Lipinski definition) is 3. The van der Waals surface area contributed by atoms with Gasteiger partial charge in [-0.25, -0.2) is 4.79 Å². The molecule has 5 heteroatoms. The zero-order valence-electron chi connectivity index (χ0n) is 24.0. The van der Waals surface area contributed by atoms with E-state index in [0.717, 1.165) is 42.9 Å². The van der Waals surface area contributed by atoms with Crippen LogP contribution in [0.5, 0.6) is 0 Å². The van der Waals surface area contributed by atoms with Gasteiger partial charge < -0.3 is 10.0 Å². The van der Waals surface area contributed by atoms with E-state index < -0.39 is 14.0 Å². The zero-order valence-corrected chi connectivity index (χ0v) is 25.0. The summed E-state index contributed by atoms with van der Waals surface area (Å²) in [6, 6.07) is 12.7. The van der Waals surface area contributed by atoms with E-state index in [0.29, 0.717) is 5.56 Å². The number of aromatic carboxylic acids is 1. The maximum absolute atomic E-state index is 11.7. The molecule has 0 radical (unpaired) electrons. The molecule has 0 amide bonds. The molecule has 0 spiro atoms. The first-order chi connectivity index (χ1) is 18.8. The van der Waals surface area contributed by atoms with Crippen LogP contribution in [0.3, 0.4) is 0 Å². The second kappa shape index (κ2) is 11.5. The summed E-state index contributed by atoms with van der Waals surface area (Å²) in [5.41, 5.74) is 8.66. The van der Waals surface area contributed by atoms with Crippen LogP contribution >= 0.6 is 0 Å². The molecule has 2 aliphatic heterocycles. The Morgan fingerprint density at radius 2 is 1.74 bits per heavy atom. The van der Waals surface area contributed by atoms with Crippen LogP contribution in [0.15, 0.2) is 70.4 Å². The molecule has 3 aliphatic rings. The first-order valence-corrected chi connectivity index (χ1v) is 17.7. The third-order valence-electron chi connectivity index (χ3n) is 8.66. The lowest BCUT2D eigenvalue weighted by atomic mass is 9.87. The minimum absolute atomic E-state index is 0.334. The van der Waals surface area contributed by atoms with Crippen molar-refractivity contribution in [1.29, 1.82) is 0 Å². The van der Waals surface area contributed by atoms with Gasteiger partial charge in [-0.2, -0.15) is 0 Å². The molecular formula is C34H42N2O2Si. The second-order valence-corrected chi connectivity index (χ2v) is 16.1. The highest BCUT2D eigenvalue weighted by Crippen LogP contribution is 2.43. The first kappa shape index (κ1) is 27.4. The van der Waals surface area contributed by atoms with Gasteiger partial charge in [0.25, 0.3) is 0 Å². The van der Waals surface area contributed by atoms with Crippen molar-refractivity contribution in [1.82, 2.24) is 0 Å². The van der Waals surface area contributed by atoms with E-state index in [1.807, 2.05) is 19.1 Å². The SMILES string of the molecule is CCCCCC/N=C1\C=CC2=C(c3ccc(C(=O)O)cc3C)c3ccc(N4CCCCC4)cc3[Si](C)(C)C2=C1. The molecule has 5 rings (SSSR count). The number of aryl methyl sites for hydroxylation is 1. The highest BCUT2D eigenvalue weighted by molar-refractivity contribution is 6.98. The number of aliphatic imine (C=N–C) groups is 1. The van der Waals surface area contributed by atoms with Crippen molar-refractivity contribution in [3.05, 3.63) is 87.6 Å². The fraction of sp³-hybridized carbons (Fsp3) is 0.412. The molecule has 2 aromatic carbocycles. The summed E-state index contributed by atoms with van der Waals surface area (Å²) in [5.74, 6) is -0.885. The zero-order chi connectivity index (χ0) is 27.6. The van der Waals surface area contributed by atoms with E-state index in [9.17, 15) is 9.90 Å². The van der Waals surface area contributed by atoms with Crippen LogP contribution in [0.4, 0.5) is 5.69 Å². The number of fused-ring (bicyclic) bond motifs is 2. The highest BCUT2D eigenvalue weighted by Gasteiger charge is 2.40. The lowest BCUT2D eigenvalue weighted by molar-refractivity contribution is 0.0696. The lowest BCUT2D eigenvalue weighted by Crippen LogP contribution is -2.49. The number of anilines is 1. The van der Waals surface area contributed by atoms with E-state index in [4.69, 9.17) is 4.99 Å². The highest BCUT2D eigenvalue weighted by atomic mass is 28.3. The van der Waals surface area contributed by atoms with Gasteiger partial charge in [-0.1, -0.05) is 57.5 Å². The number of unbranched alkanes of at least 4 members (excludes halogenated alkanes) is 3. The minimum atomic E-state index is -2.04. The Bertz CT molecular complexity index is 1390. The van der Waals surface area contributed by atoms with Gasteiger partial charge >= 0.3 is 5.97 Å². The summed E-state index contributed by atoms with van der Waals surface area (Å²) < 4.78 is 0. The predicted octanol–water partition coefficient (Wildman–Crippen LogP) is 7.47. The number of rotatable bonds is 8. The monoisotopic (exact) mass is 538 g/mol. The third-order valence-corrected chi connectivity index (χ3v) is 12.2. The summed E-state index contributed by atoms with van der Waals surface area (Å²) in [7, 11) is -2.04. The summed E-state index contributed by atoms with van der Waals surface area (Å²) in [4.78, 5) is 19.2. The Morgan fingerprint density at radius 1 is 0.974 bits per heavy atom. The van der Waals surface area contributed by atoms with Crippen molar-refractivity contribution < 1.29 is 9.90 Å². The molecule has 39 heavy (non-hydrogen) atoms. The molecule has 1 saturated heterocycles. The van der Waals surface area contributed by atoms with E-state index in [-0.39, 0.29) is 0 Å². The van der Waals surface area contributed by atoms with Crippen molar-refractivity contribution in [2.75, 3.05) is 24.5 Å². The molecule has 1 aliphatic carbocycles. The topological polar surface area (TPSA) is 52.9 Å². The summed E-state index contributed by atoms with van der Waals surface area (Å²) in [6.45, 7) is 12.4. The molecule has 204 valence electrons. The van der Waals surface area contributed by atoms with E-state index in [1.54, 1.807) is 6.07 Å². The molecule has 0 bridgehead atoms. The Morgan fingerprint density at radius 3 is 2.46 bits per heavy atom. The summed E-state index contributed by atoms with van der Waals surface area (Å²) in [5, 5.41) is 12.5. The number of allylic oxidation sites excluding steroid dienone is 5. The van der Waals surface area contributed by atoms with Crippen LogP contribution < -0.4 is 10.1 Å². The van der Waals surface area contributed by atoms with Crippen LogP contribution in [-0.2, 0) is 0 Å². The van der Waals surface area contributed by atoms with Crippen molar-refractivity contribution >= 4 is 36.2 Å². The fourth-order valence-corrected chi connectivity index (χ4v) is 9.46. The molecule has 1 fully saturated rings. The maximum atomic E-state index is 11.7. The van der Waals surface area contributed by atoms with E-state index in [1.165, 1.54) is 71.3 Å². The first-order valence-electron chi connectivity index (χ1n) is 14.7.